The maximum Gasteiger partial charge on any atom is 0.439 e. The molecule has 0 saturated heterocycles. The van der Waals surface area contributed by atoms with Crippen LogP contribution in [0.4, 0.5) is 0 Å². The van der Waals surface area contributed by atoms with E-state index in [2.05, 4.69) is 12.5 Å². The minimum atomic E-state index is -4.52. The monoisotopic (exact) mass is 404 g/mol. The third kappa shape index (κ3) is 7.38. The molecule has 0 saturated carbocycles. The Labute approximate surface area is 139 Å². The van der Waals surface area contributed by atoms with Crippen LogP contribution >= 0.6 is 0 Å². The van der Waals surface area contributed by atoms with Crippen LogP contribution in [0.25, 0.3) is 0 Å². The van der Waals surface area contributed by atoms with Crippen LogP contribution in [0.15, 0.2) is 18.2 Å². The van der Waals surface area contributed by atoms with Gasteiger partial charge in [-0.25, -0.2) is 8.42 Å². The van der Waals surface area contributed by atoms with Crippen molar-refractivity contribution >= 4 is 41.4 Å². The molecule has 0 aliphatic carbocycles. The summed E-state index contributed by atoms with van der Waals surface area (Å²) in [7, 11) is -7.07. The summed E-state index contributed by atoms with van der Waals surface area (Å²) in [5.74, 6) is -1.95. The molecule has 0 aliphatic heterocycles. The van der Waals surface area contributed by atoms with Crippen molar-refractivity contribution in [3.8, 4) is 17.2 Å². The van der Waals surface area contributed by atoms with E-state index in [1.54, 1.807) is 19.6 Å². The molecule has 0 N–H and O–H groups in total. The smallest absolute Gasteiger partial charge is 0.439 e. The Kier molecular flexibility index (Phi) is 6.69. The Balaban J connectivity index is 3.24. The van der Waals surface area contributed by atoms with E-state index in [1.165, 1.54) is 6.07 Å². The molecule has 0 aliphatic rings. The number of hydrogen-bond acceptors (Lipinski definition) is 10. The third-order valence-electron chi connectivity index (χ3n) is 1.80. The van der Waals surface area contributed by atoms with E-state index in [4.69, 9.17) is 3.87 Å². The van der Waals surface area contributed by atoms with Crippen molar-refractivity contribution in [2.45, 2.75) is 19.6 Å². The lowest BCUT2D eigenvalue weighted by molar-refractivity contribution is 0.373. The van der Waals surface area contributed by atoms with Gasteiger partial charge in [0.25, 0.3) is 0 Å². The van der Waals surface area contributed by atoms with E-state index in [0.29, 0.717) is 0 Å². The van der Waals surface area contributed by atoms with Crippen molar-refractivity contribution in [1.82, 2.24) is 0 Å². The molecular formula is C9H12O10S3Si-2. The van der Waals surface area contributed by atoms with Gasteiger partial charge in [0.1, 0.15) is 22.7 Å². The molecule has 0 heterocycles. The molecule has 1 rings (SSSR count). The molecule has 132 valence electrons. The summed E-state index contributed by atoms with van der Waals surface area (Å²) < 4.78 is 84.3. The van der Waals surface area contributed by atoms with E-state index in [-0.39, 0.29) is 0 Å². The van der Waals surface area contributed by atoms with Gasteiger partial charge in [0.15, 0.2) is 11.5 Å². The zero-order valence-corrected chi connectivity index (χ0v) is 15.5. The topological polar surface area (TPSA) is 151 Å². The summed E-state index contributed by atoms with van der Waals surface area (Å²) in [4.78, 5) is 0. The molecule has 1 aromatic carbocycles. The van der Waals surface area contributed by atoms with Crippen molar-refractivity contribution in [3.05, 3.63) is 18.2 Å². The fourth-order valence-electron chi connectivity index (χ4n) is 1.28. The summed E-state index contributed by atoms with van der Waals surface area (Å²) in [6.07, 6.45) is 0. The second-order valence-electron chi connectivity index (χ2n) is 4.85. The Hall–Kier alpha value is -1.03. The lowest BCUT2D eigenvalue weighted by Gasteiger charge is -2.19. The molecule has 0 amide bonds. The lowest BCUT2D eigenvalue weighted by atomic mass is 10.3. The van der Waals surface area contributed by atoms with Gasteiger partial charge in [0.2, 0.25) is 14.1 Å². The molecule has 23 heavy (non-hydrogen) atoms. The molecule has 1 aromatic rings. The molecule has 14 heteroatoms. The predicted octanol–water partition coefficient (Wildman–Crippen LogP) is 0.507. The van der Waals surface area contributed by atoms with Crippen LogP contribution in [0.1, 0.15) is 0 Å². The number of rotatable bonds is 8. The van der Waals surface area contributed by atoms with Crippen LogP contribution in [-0.2, 0) is 37.0 Å². The molecule has 2 unspecified atom stereocenters. The van der Waals surface area contributed by atoms with E-state index < -0.39 is 58.7 Å². The van der Waals surface area contributed by atoms with Gasteiger partial charge in [0.05, 0.1) is 0 Å². The summed E-state index contributed by atoms with van der Waals surface area (Å²) in [6.45, 7) is 4.74. The normalized spacial score (nSPS) is 14.8. The Bertz CT molecular complexity index is 711. The second kappa shape index (κ2) is 7.69. The minimum Gasteiger partial charge on any atom is -0.740 e. The maximum atomic E-state index is 11.8. The number of benzene rings is 1. The van der Waals surface area contributed by atoms with E-state index in [9.17, 15) is 25.9 Å². The Morgan fingerprint density at radius 2 is 1.52 bits per heavy atom. The van der Waals surface area contributed by atoms with Gasteiger partial charge in [-0.05, 0) is 31.8 Å². The first kappa shape index (κ1) is 20.0. The van der Waals surface area contributed by atoms with Gasteiger partial charge in [-0.3, -0.25) is 3.87 Å². The SMILES string of the molecule is C[Si](C)(C)OS(=O)(=O)Oc1cccc(OS(=O)[O-])c1OS(=O)[O-]. The highest BCUT2D eigenvalue weighted by Gasteiger charge is 2.28. The van der Waals surface area contributed by atoms with Crippen molar-refractivity contribution in [3.63, 3.8) is 0 Å². The Morgan fingerprint density at radius 1 is 1.00 bits per heavy atom. The highest BCUT2D eigenvalue weighted by Crippen LogP contribution is 2.39. The molecule has 0 aromatic heterocycles. The van der Waals surface area contributed by atoms with Crippen molar-refractivity contribution < 1.29 is 42.4 Å². The number of para-hydroxylation sites is 1. The van der Waals surface area contributed by atoms with Gasteiger partial charge >= 0.3 is 10.4 Å². The average Bonchev–Trinajstić information content (AvgIpc) is 2.28. The van der Waals surface area contributed by atoms with Crippen molar-refractivity contribution in [2.75, 3.05) is 0 Å². The van der Waals surface area contributed by atoms with Crippen LogP contribution in [0.5, 0.6) is 17.2 Å². The zero-order chi connectivity index (χ0) is 17.8. The molecule has 0 radical (unpaired) electrons. The maximum absolute atomic E-state index is 11.8. The summed E-state index contributed by atoms with van der Waals surface area (Å²) in [6, 6.07) is 3.24. The van der Waals surface area contributed by atoms with Crippen LogP contribution in [0, 0.1) is 0 Å². The first-order chi connectivity index (χ1) is 10.4. The van der Waals surface area contributed by atoms with Gasteiger partial charge in [0, 0.05) is 0 Å². The molecule has 2 atom stereocenters. The molecule has 0 fully saturated rings. The highest BCUT2D eigenvalue weighted by atomic mass is 32.3. The average molecular weight is 404 g/mol. The van der Waals surface area contributed by atoms with Crippen LogP contribution in [0.2, 0.25) is 19.6 Å². The van der Waals surface area contributed by atoms with Gasteiger partial charge < -0.3 is 21.7 Å². The van der Waals surface area contributed by atoms with Gasteiger partial charge in [-0.15, -0.1) is 0 Å². The zero-order valence-electron chi connectivity index (χ0n) is 12.0. The minimum absolute atomic E-state index is 0.580. The predicted molar refractivity (Wildman–Crippen MR) is 79.5 cm³/mol. The third-order valence-corrected chi connectivity index (χ3v) is 5.61. The molecule has 0 spiro atoms. The van der Waals surface area contributed by atoms with Crippen LogP contribution < -0.4 is 12.5 Å². The molecule has 0 bridgehead atoms. The summed E-state index contributed by atoms with van der Waals surface area (Å²) in [5.41, 5.74) is 0. The number of hydrogen-bond donors (Lipinski definition) is 0. The fourth-order valence-corrected chi connectivity index (χ4v) is 4.80. The van der Waals surface area contributed by atoms with Crippen LogP contribution in [0.3, 0.4) is 0 Å². The van der Waals surface area contributed by atoms with E-state index in [0.717, 1.165) is 12.1 Å². The van der Waals surface area contributed by atoms with Crippen LogP contribution in [-0.4, -0.2) is 34.3 Å². The summed E-state index contributed by atoms with van der Waals surface area (Å²) in [5, 5.41) is 0. The first-order valence-electron chi connectivity index (χ1n) is 5.73. The quantitative estimate of drug-likeness (QED) is 0.442. The Morgan fingerprint density at radius 3 is 2.00 bits per heavy atom. The lowest BCUT2D eigenvalue weighted by Crippen LogP contribution is -2.31. The van der Waals surface area contributed by atoms with Crippen molar-refractivity contribution in [2.24, 2.45) is 0 Å². The van der Waals surface area contributed by atoms with Gasteiger partial charge in [-0.2, -0.15) is 8.42 Å². The fraction of sp³-hybridized carbons (Fsp3) is 0.333. The highest BCUT2D eigenvalue weighted by molar-refractivity contribution is 7.83. The summed E-state index contributed by atoms with van der Waals surface area (Å²) >= 11 is -6.19. The molecule has 10 nitrogen and oxygen atoms in total. The largest absolute Gasteiger partial charge is 0.740 e. The standard InChI is InChI=1S/C9H14O10S3Si/c1-23(2,3)19-22(14,15)18-8-6-4-5-7(16-20(10)11)9(8)17-21(12)13/h4-6H,1-3H3,(H,10,11)(H,12,13)/p-2. The van der Waals surface area contributed by atoms with E-state index >= 15 is 0 Å². The first-order valence-corrected chi connectivity index (χ1v) is 12.5. The van der Waals surface area contributed by atoms with Gasteiger partial charge in [-0.1, -0.05) is 6.07 Å². The molecular weight excluding hydrogens is 392 g/mol. The van der Waals surface area contributed by atoms with Crippen molar-refractivity contribution in [1.29, 1.82) is 0 Å². The van der Waals surface area contributed by atoms with E-state index in [1.807, 2.05) is 0 Å². The second-order valence-corrected chi connectivity index (χ2v) is 11.9.